The normalized spacial score (nSPS) is 29.6. The minimum Gasteiger partial charge on any atom is -0.211 e. The van der Waals surface area contributed by atoms with Gasteiger partial charge in [0.2, 0.25) is 10.0 Å². The van der Waals surface area contributed by atoms with Crippen LogP contribution in [0.25, 0.3) is 0 Å². The molecule has 0 N–H and O–H groups in total. The van der Waals surface area contributed by atoms with Crippen molar-refractivity contribution in [1.29, 1.82) is 5.26 Å². The van der Waals surface area contributed by atoms with Crippen molar-refractivity contribution in [2.24, 2.45) is 0 Å². The van der Waals surface area contributed by atoms with Crippen LogP contribution in [0.15, 0.2) is 0 Å². The molecule has 0 bridgehead atoms. The molecule has 1 heterocycles. The van der Waals surface area contributed by atoms with Crippen molar-refractivity contribution in [3.05, 3.63) is 0 Å². The maximum atomic E-state index is 12.1. The molecule has 1 fully saturated rings. The van der Waals surface area contributed by atoms with Gasteiger partial charge in [0.25, 0.3) is 0 Å². The Kier molecular flexibility index (Phi) is 4.65. The van der Waals surface area contributed by atoms with Crippen molar-refractivity contribution in [1.82, 2.24) is 4.31 Å². The molecule has 0 saturated carbocycles. The first-order valence-corrected chi connectivity index (χ1v) is 7.90. The zero-order chi connectivity index (χ0) is 12.3. The highest BCUT2D eigenvalue weighted by molar-refractivity contribution is 8.00. The van der Waals surface area contributed by atoms with Gasteiger partial charge in [0.15, 0.2) is 5.25 Å². The molecule has 92 valence electrons. The van der Waals surface area contributed by atoms with E-state index in [0.717, 1.165) is 0 Å². The zero-order valence-electron chi connectivity index (χ0n) is 9.88. The summed E-state index contributed by atoms with van der Waals surface area (Å²) in [6.07, 6.45) is 0.352. The van der Waals surface area contributed by atoms with Gasteiger partial charge in [-0.2, -0.15) is 21.3 Å². The van der Waals surface area contributed by atoms with Crippen LogP contribution in [0.5, 0.6) is 0 Å². The SMILES string of the molecule is CCC(C#N)S(=O)(=O)N1CC(C)SC(C)C1. The largest absolute Gasteiger partial charge is 0.230 e. The Bertz CT molecular complexity index is 365. The average molecular weight is 262 g/mol. The number of nitrogens with zero attached hydrogens (tertiary/aromatic N) is 2. The van der Waals surface area contributed by atoms with Gasteiger partial charge in [-0.3, -0.25) is 0 Å². The van der Waals surface area contributed by atoms with E-state index in [0.29, 0.717) is 30.0 Å². The smallest absolute Gasteiger partial charge is 0.211 e. The first kappa shape index (κ1) is 13.8. The Morgan fingerprint density at radius 1 is 1.44 bits per heavy atom. The molecule has 4 nitrogen and oxygen atoms in total. The maximum absolute atomic E-state index is 12.1. The van der Waals surface area contributed by atoms with E-state index in [1.807, 2.05) is 19.9 Å². The van der Waals surface area contributed by atoms with E-state index < -0.39 is 15.3 Å². The van der Waals surface area contributed by atoms with Crippen LogP contribution in [0.2, 0.25) is 0 Å². The van der Waals surface area contributed by atoms with E-state index >= 15 is 0 Å². The molecule has 3 unspecified atom stereocenters. The zero-order valence-corrected chi connectivity index (χ0v) is 11.5. The molecule has 1 aliphatic heterocycles. The molecular weight excluding hydrogens is 244 g/mol. The van der Waals surface area contributed by atoms with Crippen LogP contribution in [0.1, 0.15) is 27.2 Å². The molecule has 1 aliphatic rings. The number of hydrogen-bond donors (Lipinski definition) is 0. The Hall–Kier alpha value is -0.250. The maximum Gasteiger partial charge on any atom is 0.230 e. The molecule has 0 aliphatic carbocycles. The molecule has 0 aromatic rings. The quantitative estimate of drug-likeness (QED) is 0.772. The summed E-state index contributed by atoms with van der Waals surface area (Å²) < 4.78 is 25.7. The van der Waals surface area contributed by atoms with Gasteiger partial charge < -0.3 is 0 Å². The first-order chi connectivity index (χ1) is 7.41. The molecule has 0 aromatic carbocycles. The predicted octanol–water partition coefficient (Wildman–Crippen LogP) is 1.44. The second-order valence-corrected chi connectivity index (χ2v) is 8.14. The van der Waals surface area contributed by atoms with Gasteiger partial charge in [-0.15, -0.1) is 0 Å². The molecule has 0 radical (unpaired) electrons. The Morgan fingerprint density at radius 3 is 2.31 bits per heavy atom. The highest BCUT2D eigenvalue weighted by Crippen LogP contribution is 2.27. The summed E-state index contributed by atoms with van der Waals surface area (Å²) in [6, 6.07) is 1.88. The number of sulfonamides is 1. The summed E-state index contributed by atoms with van der Waals surface area (Å²) >= 11 is 1.80. The lowest BCUT2D eigenvalue weighted by Gasteiger charge is -2.34. The highest BCUT2D eigenvalue weighted by atomic mass is 32.2. The molecular formula is C10H18N2O2S2. The lowest BCUT2D eigenvalue weighted by atomic mass is 10.4. The van der Waals surface area contributed by atoms with Gasteiger partial charge in [0.1, 0.15) is 0 Å². The Balaban J connectivity index is 2.87. The monoisotopic (exact) mass is 262 g/mol. The lowest BCUT2D eigenvalue weighted by molar-refractivity contribution is 0.400. The third-order valence-electron chi connectivity index (χ3n) is 2.62. The summed E-state index contributed by atoms with van der Waals surface area (Å²) in [4.78, 5) is 0. The van der Waals surface area contributed by atoms with Crippen LogP contribution in [-0.2, 0) is 10.0 Å². The van der Waals surface area contributed by atoms with Crippen LogP contribution < -0.4 is 0 Å². The van der Waals surface area contributed by atoms with E-state index in [9.17, 15) is 8.42 Å². The summed E-state index contributed by atoms with van der Waals surface area (Å²) in [5.74, 6) is 0. The van der Waals surface area contributed by atoms with Crippen molar-refractivity contribution in [3.63, 3.8) is 0 Å². The van der Waals surface area contributed by atoms with Crippen LogP contribution in [-0.4, -0.2) is 41.6 Å². The summed E-state index contributed by atoms with van der Waals surface area (Å²) in [5.41, 5.74) is 0. The van der Waals surface area contributed by atoms with Crippen LogP contribution in [0.3, 0.4) is 0 Å². The molecule has 1 rings (SSSR count). The standard InChI is InChI=1S/C10H18N2O2S2/c1-4-10(5-11)16(13,14)12-6-8(2)15-9(3)7-12/h8-10H,4,6-7H2,1-3H3. The van der Waals surface area contributed by atoms with Gasteiger partial charge in [0, 0.05) is 23.6 Å². The fraction of sp³-hybridized carbons (Fsp3) is 0.900. The third-order valence-corrected chi connectivity index (χ3v) is 6.02. The van der Waals surface area contributed by atoms with Crippen molar-refractivity contribution in [2.75, 3.05) is 13.1 Å². The second-order valence-electron chi connectivity index (χ2n) is 4.15. The fourth-order valence-electron chi connectivity index (χ4n) is 1.89. The van der Waals surface area contributed by atoms with Crippen molar-refractivity contribution in [3.8, 4) is 6.07 Å². The summed E-state index contributed by atoms with van der Waals surface area (Å²) in [6.45, 7) is 6.83. The molecule has 0 aromatic heterocycles. The van der Waals surface area contributed by atoms with Crippen LogP contribution in [0, 0.1) is 11.3 Å². The minimum atomic E-state index is -3.43. The van der Waals surface area contributed by atoms with E-state index in [1.165, 1.54) is 4.31 Å². The van der Waals surface area contributed by atoms with E-state index in [-0.39, 0.29) is 0 Å². The lowest BCUT2D eigenvalue weighted by Crippen LogP contribution is -2.47. The average Bonchev–Trinajstić information content (AvgIpc) is 2.17. The van der Waals surface area contributed by atoms with Crippen molar-refractivity contribution < 1.29 is 8.42 Å². The Morgan fingerprint density at radius 2 is 1.94 bits per heavy atom. The molecule has 0 amide bonds. The number of thioether (sulfide) groups is 1. The van der Waals surface area contributed by atoms with Gasteiger partial charge in [-0.25, -0.2) is 8.42 Å². The van der Waals surface area contributed by atoms with Crippen LogP contribution in [0.4, 0.5) is 0 Å². The number of nitriles is 1. The Labute approximate surface area is 102 Å². The minimum absolute atomic E-state index is 0.301. The molecule has 1 saturated heterocycles. The van der Waals surface area contributed by atoms with Gasteiger partial charge >= 0.3 is 0 Å². The molecule has 3 atom stereocenters. The van der Waals surface area contributed by atoms with E-state index in [1.54, 1.807) is 18.7 Å². The number of rotatable bonds is 3. The van der Waals surface area contributed by atoms with Crippen molar-refractivity contribution >= 4 is 21.8 Å². The predicted molar refractivity (Wildman–Crippen MR) is 66.7 cm³/mol. The van der Waals surface area contributed by atoms with Gasteiger partial charge in [-0.1, -0.05) is 20.8 Å². The van der Waals surface area contributed by atoms with E-state index in [2.05, 4.69) is 0 Å². The summed E-state index contributed by atoms with van der Waals surface area (Å²) in [5, 5.41) is 8.57. The fourth-order valence-corrected chi connectivity index (χ4v) is 5.18. The van der Waals surface area contributed by atoms with Gasteiger partial charge in [-0.05, 0) is 6.42 Å². The highest BCUT2D eigenvalue weighted by Gasteiger charge is 2.35. The number of hydrogen-bond acceptors (Lipinski definition) is 4. The topological polar surface area (TPSA) is 61.2 Å². The van der Waals surface area contributed by atoms with Crippen LogP contribution >= 0.6 is 11.8 Å². The van der Waals surface area contributed by atoms with E-state index in [4.69, 9.17) is 5.26 Å². The summed E-state index contributed by atoms with van der Waals surface area (Å²) in [7, 11) is -3.43. The first-order valence-electron chi connectivity index (χ1n) is 5.45. The molecule has 16 heavy (non-hydrogen) atoms. The van der Waals surface area contributed by atoms with Crippen molar-refractivity contribution in [2.45, 2.75) is 42.9 Å². The van der Waals surface area contributed by atoms with Gasteiger partial charge in [0.05, 0.1) is 6.07 Å². The third kappa shape index (κ3) is 2.90. The second kappa shape index (κ2) is 5.39. The molecule has 0 spiro atoms. The molecule has 6 heteroatoms.